The Hall–Kier alpha value is -1.43. The van der Waals surface area contributed by atoms with Gasteiger partial charge in [0.05, 0.1) is 12.1 Å². The van der Waals surface area contributed by atoms with Gasteiger partial charge in [-0.1, -0.05) is 37.3 Å². The summed E-state index contributed by atoms with van der Waals surface area (Å²) in [4.78, 5) is 11.9. The highest BCUT2D eigenvalue weighted by Crippen LogP contribution is 2.07. The first-order chi connectivity index (χ1) is 11.2. The number of benzene rings is 1. The third kappa shape index (κ3) is 9.01. The maximum Gasteiger partial charge on any atom is 0.220 e. The fraction of sp³-hybridized carbons (Fsp3) is 0.632. The number of amides is 1. The van der Waals surface area contributed by atoms with Gasteiger partial charge in [-0.3, -0.25) is 15.6 Å². The molecular formula is C19H33N3O2. The van der Waals surface area contributed by atoms with Crippen LogP contribution in [0.2, 0.25) is 0 Å². The van der Waals surface area contributed by atoms with Crippen molar-refractivity contribution in [2.45, 2.75) is 65.1 Å². The molecule has 1 aromatic carbocycles. The second-order valence-corrected chi connectivity index (χ2v) is 7.67. The van der Waals surface area contributed by atoms with E-state index in [0.717, 1.165) is 6.42 Å². The lowest BCUT2D eigenvalue weighted by Gasteiger charge is -2.24. The van der Waals surface area contributed by atoms with Crippen molar-refractivity contribution >= 4 is 5.91 Å². The van der Waals surface area contributed by atoms with E-state index >= 15 is 0 Å². The fourth-order valence-electron chi connectivity index (χ4n) is 2.43. The summed E-state index contributed by atoms with van der Waals surface area (Å²) in [5.41, 5.74) is 7.33. The number of rotatable bonds is 9. The predicted molar refractivity (Wildman–Crippen MR) is 98.4 cm³/mol. The maximum atomic E-state index is 11.9. The number of carbonyl (C=O) groups is 1. The predicted octanol–water partition coefficient (Wildman–Crippen LogP) is 2.01. The molecule has 1 rings (SSSR count). The smallest absolute Gasteiger partial charge is 0.220 e. The molecule has 3 atom stereocenters. The molecule has 5 heteroatoms. The summed E-state index contributed by atoms with van der Waals surface area (Å²) in [7, 11) is 0. The molecule has 136 valence electrons. The molecule has 4 N–H and O–H groups in total. The van der Waals surface area contributed by atoms with E-state index in [1.54, 1.807) is 6.92 Å². The summed E-state index contributed by atoms with van der Waals surface area (Å²) < 4.78 is 0. The van der Waals surface area contributed by atoms with Crippen LogP contribution in [0.4, 0.5) is 0 Å². The van der Waals surface area contributed by atoms with Gasteiger partial charge in [0.15, 0.2) is 0 Å². The molecule has 24 heavy (non-hydrogen) atoms. The first-order valence-electron chi connectivity index (χ1n) is 8.69. The van der Waals surface area contributed by atoms with Crippen LogP contribution in [0.15, 0.2) is 30.3 Å². The maximum absolute atomic E-state index is 11.9. The van der Waals surface area contributed by atoms with E-state index in [-0.39, 0.29) is 23.4 Å². The number of hydrogen-bond acceptors (Lipinski definition) is 4. The fourth-order valence-corrected chi connectivity index (χ4v) is 2.43. The SMILES string of the molecule is CC(CNN[C@@H](Cc1ccccc1)[C@H](C)O)CC(=O)NC(C)(C)C. The summed E-state index contributed by atoms with van der Waals surface area (Å²) in [6, 6.07) is 10.0. The Morgan fingerprint density at radius 3 is 2.33 bits per heavy atom. The summed E-state index contributed by atoms with van der Waals surface area (Å²) in [6.45, 7) is 10.4. The zero-order valence-electron chi connectivity index (χ0n) is 15.6. The minimum atomic E-state index is -0.475. The minimum absolute atomic E-state index is 0.0631. The Bertz CT molecular complexity index is 483. The largest absolute Gasteiger partial charge is 0.392 e. The monoisotopic (exact) mass is 335 g/mol. The Kier molecular flexibility index (Phi) is 8.39. The number of aliphatic hydroxyl groups is 1. The van der Waals surface area contributed by atoms with Gasteiger partial charge < -0.3 is 10.4 Å². The molecule has 1 unspecified atom stereocenters. The molecule has 0 fully saturated rings. The molecule has 1 aromatic rings. The van der Waals surface area contributed by atoms with Gasteiger partial charge in [0.1, 0.15) is 0 Å². The van der Waals surface area contributed by atoms with Crippen molar-refractivity contribution in [2.75, 3.05) is 6.54 Å². The lowest BCUT2D eigenvalue weighted by Crippen LogP contribution is -2.49. The highest BCUT2D eigenvalue weighted by Gasteiger charge is 2.18. The van der Waals surface area contributed by atoms with E-state index in [0.29, 0.717) is 13.0 Å². The molecule has 0 aliphatic carbocycles. The molecule has 0 saturated heterocycles. The highest BCUT2D eigenvalue weighted by molar-refractivity contribution is 5.76. The topological polar surface area (TPSA) is 73.4 Å². The quantitative estimate of drug-likeness (QED) is 0.521. The normalized spacial score (nSPS) is 15.6. The van der Waals surface area contributed by atoms with Crippen LogP contribution in [0, 0.1) is 5.92 Å². The molecule has 0 heterocycles. The van der Waals surface area contributed by atoms with Crippen molar-refractivity contribution in [1.82, 2.24) is 16.2 Å². The van der Waals surface area contributed by atoms with Gasteiger partial charge >= 0.3 is 0 Å². The highest BCUT2D eigenvalue weighted by atomic mass is 16.3. The second kappa shape index (κ2) is 9.77. The van der Waals surface area contributed by atoms with Crippen molar-refractivity contribution < 1.29 is 9.90 Å². The lowest BCUT2D eigenvalue weighted by molar-refractivity contribution is -0.123. The molecule has 0 aromatic heterocycles. The second-order valence-electron chi connectivity index (χ2n) is 7.67. The number of hydrogen-bond donors (Lipinski definition) is 4. The van der Waals surface area contributed by atoms with Crippen LogP contribution in [0.25, 0.3) is 0 Å². The van der Waals surface area contributed by atoms with E-state index in [9.17, 15) is 9.90 Å². The Morgan fingerprint density at radius 2 is 1.79 bits per heavy atom. The van der Waals surface area contributed by atoms with Crippen molar-refractivity contribution in [3.63, 3.8) is 0 Å². The van der Waals surface area contributed by atoms with Crippen molar-refractivity contribution in [1.29, 1.82) is 0 Å². The van der Waals surface area contributed by atoms with Gasteiger partial charge in [-0.2, -0.15) is 0 Å². The molecule has 0 radical (unpaired) electrons. The Morgan fingerprint density at radius 1 is 1.17 bits per heavy atom. The van der Waals surface area contributed by atoms with E-state index in [4.69, 9.17) is 0 Å². The minimum Gasteiger partial charge on any atom is -0.392 e. The average molecular weight is 335 g/mol. The zero-order valence-corrected chi connectivity index (χ0v) is 15.6. The standard InChI is InChI=1S/C19H33N3O2/c1-14(11-18(24)21-19(3,4)5)13-20-22-17(15(2)23)12-16-9-7-6-8-10-16/h6-10,14-15,17,20,22-23H,11-13H2,1-5H3,(H,21,24)/t14?,15-,17-/m0/s1. The van der Waals surface area contributed by atoms with Crippen LogP contribution in [0.1, 0.15) is 46.6 Å². The van der Waals surface area contributed by atoms with Gasteiger partial charge in [-0.05, 0) is 45.6 Å². The van der Waals surface area contributed by atoms with Crippen LogP contribution in [-0.4, -0.2) is 35.2 Å². The molecule has 0 spiro atoms. The van der Waals surface area contributed by atoms with E-state index in [1.165, 1.54) is 5.56 Å². The number of hydrazine groups is 1. The number of nitrogens with one attached hydrogen (secondary N) is 3. The first-order valence-corrected chi connectivity index (χ1v) is 8.69. The summed E-state index contributed by atoms with van der Waals surface area (Å²) >= 11 is 0. The van der Waals surface area contributed by atoms with Gasteiger partial charge in [0.2, 0.25) is 5.91 Å². The van der Waals surface area contributed by atoms with E-state index < -0.39 is 6.10 Å². The Labute approximate surface area is 146 Å². The lowest BCUT2D eigenvalue weighted by atomic mass is 10.0. The van der Waals surface area contributed by atoms with Crippen LogP contribution < -0.4 is 16.2 Å². The molecule has 0 saturated carbocycles. The van der Waals surface area contributed by atoms with Gasteiger partial charge in [0, 0.05) is 18.5 Å². The zero-order chi connectivity index (χ0) is 18.2. The van der Waals surface area contributed by atoms with E-state index in [2.05, 4.69) is 28.3 Å². The summed E-state index contributed by atoms with van der Waals surface area (Å²) in [5.74, 6) is 0.263. The van der Waals surface area contributed by atoms with Crippen LogP contribution in [0.5, 0.6) is 0 Å². The van der Waals surface area contributed by atoms with Crippen LogP contribution in [0.3, 0.4) is 0 Å². The third-order valence-electron chi connectivity index (χ3n) is 3.67. The van der Waals surface area contributed by atoms with Gasteiger partial charge in [0.25, 0.3) is 0 Å². The average Bonchev–Trinajstić information content (AvgIpc) is 2.44. The molecule has 5 nitrogen and oxygen atoms in total. The summed E-state index contributed by atoms with van der Waals surface area (Å²) in [5, 5.41) is 12.9. The number of aliphatic hydroxyl groups excluding tert-OH is 1. The molecule has 0 bridgehead atoms. The number of carbonyl (C=O) groups excluding carboxylic acids is 1. The van der Waals surface area contributed by atoms with Gasteiger partial charge in [-0.25, -0.2) is 0 Å². The van der Waals surface area contributed by atoms with Gasteiger partial charge in [-0.15, -0.1) is 0 Å². The van der Waals surface area contributed by atoms with Crippen molar-refractivity contribution in [2.24, 2.45) is 5.92 Å². The molecule has 0 aliphatic rings. The molecule has 1 amide bonds. The summed E-state index contributed by atoms with van der Waals surface area (Å²) in [6.07, 6.45) is 0.742. The first kappa shape index (κ1) is 20.6. The van der Waals surface area contributed by atoms with E-state index in [1.807, 2.05) is 45.9 Å². The van der Waals surface area contributed by atoms with Crippen LogP contribution >= 0.6 is 0 Å². The van der Waals surface area contributed by atoms with Crippen molar-refractivity contribution in [3.8, 4) is 0 Å². The third-order valence-corrected chi connectivity index (χ3v) is 3.67. The van der Waals surface area contributed by atoms with Crippen LogP contribution in [-0.2, 0) is 11.2 Å². The molecule has 0 aliphatic heterocycles. The molecular weight excluding hydrogens is 302 g/mol. The Balaban J connectivity index is 2.36. The van der Waals surface area contributed by atoms with Crippen molar-refractivity contribution in [3.05, 3.63) is 35.9 Å².